The largest absolute Gasteiger partial charge is 0.357 e. The van der Waals surface area contributed by atoms with Gasteiger partial charge < -0.3 is 15.1 Å². The van der Waals surface area contributed by atoms with E-state index < -0.39 is 10.0 Å². The molecule has 3 rings (SSSR count). The van der Waals surface area contributed by atoms with Crippen LogP contribution in [0.5, 0.6) is 0 Å². The van der Waals surface area contributed by atoms with Gasteiger partial charge >= 0.3 is 0 Å². The number of sulfonamides is 1. The first-order chi connectivity index (χ1) is 13.9. The van der Waals surface area contributed by atoms with Crippen LogP contribution in [0.4, 0.5) is 5.69 Å². The molecule has 2 saturated heterocycles. The van der Waals surface area contributed by atoms with Gasteiger partial charge in [-0.2, -0.15) is 16.9 Å². The number of carbonyl (C=O) groups excluding carboxylic acids is 1. The number of rotatable bonds is 6. The standard InChI is InChI=1S/C17H29N7O3S2.HI/c1-3-18-17(19-4-11-29(26,27)23-7-9-28-10-8-23)22-5-6-24(16(25)14-22)15-12-20-21(2)13-15;/h12-13H,3-11,14H2,1-2H3,(H,18,19);1H. The summed E-state index contributed by atoms with van der Waals surface area (Å²) in [5.74, 6) is 2.21. The van der Waals surface area contributed by atoms with E-state index in [2.05, 4.69) is 15.4 Å². The lowest BCUT2D eigenvalue weighted by Crippen LogP contribution is -2.55. The van der Waals surface area contributed by atoms with E-state index in [1.54, 1.807) is 31.8 Å². The van der Waals surface area contributed by atoms with Gasteiger partial charge in [-0.15, -0.1) is 24.0 Å². The normalized spacial score (nSPS) is 19.0. The molecule has 0 atom stereocenters. The first-order valence-electron chi connectivity index (χ1n) is 9.78. The number of hydrogen-bond donors (Lipinski definition) is 1. The van der Waals surface area contributed by atoms with Crippen molar-refractivity contribution in [1.29, 1.82) is 0 Å². The van der Waals surface area contributed by atoms with Crippen molar-refractivity contribution < 1.29 is 13.2 Å². The highest BCUT2D eigenvalue weighted by Gasteiger charge is 2.28. The van der Waals surface area contributed by atoms with Crippen molar-refractivity contribution in [3.8, 4) is 0 Å². The predicted octanol–water partition coefficient (Wildman–Crippen LogP) is 0.0308. The van der Waals surface area contributed by atoms with Crippen LogP contribution in [0.3, 0.4) is 0 Å². The van der Waals surface area contributed by atoms with Crippen molar-refractivity contribution in [3.63, 3.8) is 0 Å². The van der Waals surface area contributed by atoms with Crippen LogP contribution in [0, 0.1) is 0 Å². The molecule has 10 nitrogen and oxygen atoms in total. The van der Waals surface area contributed by atoms with Gasteiger partial charge in [0.1, 0.15) is 6.54 Å². The summed E-state index contributed by atoms with van der Waals surface area (Å²) in [6.45, 7) is 5.24. The Hall–Kier alpha value is -1.06. The molecule has 170 valence electrons. The van der Waals surface area contributed by atoms with Gasteiger partial charge in [0.05, 0.1) is 24.2 Å². The third-order valence-corrected chi connectivity index (χ3v) is 7.63. The third kappa shape index (κ3) is 6.47. The minimum atomic E-state index is -3.30. The predicted molar refractivity (Wildman–Crippen MR) is 131 cm³/mol. The minimum Gasteiger partial charge on any atom is -0.357 e. The highest BCUT2D eigenvalue weighted by atomic mass is 127. The van der Waals surface area contributed by atoms with E-state index in [4.69, 9.17) is 0 Å². The molecule has 0 spiro atoms. The molecule has 0 aliphatic carbocycles. The number of hydrogen-bond acceptors (Lipinski definition) is 6. The van der Waals surface area contributed by atoms with E-state index in [0.717, 1.165) is 17.2 Å². The number of aryl methyl sites for hydroxylation is 1. The Bertz CT molecular complexity index is 840. The molecule has 1 amide bonds. The molecule has 1 aromatic rings. The summed E-state index contributed by atoms with van der Waals surface area (Å²) in [5, 5.41) is 7.30. The Balaban J connectivity index is 0.00000320. The number of guanidine groups is 1. The smallest absolute Gasteiger partial charge is 0.246 e. The number of thioether (sulfide) groups is 1. The van der Waals surface area contributed by atoms with Crippen molar-refractivity contribution in [1.82, 2.24) is 24.3 Å². The van der Waals surface area contributed by atoms with E-state index in [0.29, 0.717) is 38.7 Å². The van der Waals surface area contributed by atoms with E-state index >= 15 is 0 Å². The molecule has 1 aromatic heterocycles. The zero-order valence-electron chi connectivity index (χ0n) is 17.4. The van der Waals surface area contributed by atoms with Crippen LogP contribution in [0.25, 0.3) is 0 Å². The van der Waals surface area contributed by atoms with E-state index in [1.165, 1.54) is 0 Å². The summed E-state index contributed by atoms with van der Waals surface area (Å²) < 4.78 is 28.2. The molecule has 2 aliphatic rings. The number of piperazine rings is 1. The summed E-state index contributed by atoms with van der Waals surface area (Å²) in [5.41, 5.74) is 0.782. The van der Waals surface area contributed by atoms with Crippen LogP contribution >= 0.6 is 35.7 Å². The fourth-order valence-corrected chi connectivity index (χ4v) is 5.77. The number of nitrogens with zero attached hydrogens (tertiary/aromatic N) is 6. The lowest BCUT2D eigenvalue weighted by atomic mass is 10.3. The number of carbonyl (C=O) groups is 1. The van der Waals surface area contributed by atoms with Crippen LogP contribution in [0.15, 0.2) is 17.4 Å². The summed E-state index contributed by atoms with van der Waals surface area (Å²) in [6, 6.07) is 0. The van der Waals surface area contributed by atoms with E-state index in [1.807, 2.05) is 25.1 Å². The molecule has 2 fully saturated rings. The zero-order chi connectivity index (χ0) is 20.9. The Kier molecular flexibility index (Phi) is 9.68. The van der Waals surface area contributed by atoms with E-state index in [9.17, 15) is 13.2 Å². The van der Waals surface area contributed by atoms with Gasteiger partial charge in [0.25, 0.3) is 0 Å². The van der Waals surface area contributed by atoms with Crippen molar-refractivity contribution in [3.05, 3.63) is 12.4 Å². The summed E-state index contributed by atoms with van der Waals surface area (Å²) in [7, 11) is -1.48. The number of anilines is 1. The lowest BCUT2D eigenvalue weighted by Gasteiger charge is -2.35. The Morgan fingerprint density at radius 2 is 2.00 bits per heavy atom. The second kappa shape index (κ2) is 11.5. The van der Waals surface area contributed by atoms with Crippen LogP contribution in [-0.4, -0.2) is 102 Å². The molecule has 0 radical (unpaired) electrons. The number of nitrogens with one attached hydrogen (secondary N) is 1. The molecule has 13 heteroatoms. The lowest BCUT2D eigenvalue weighted by molar-refractivity contribution is -0.120. The maximum absolute atomic E-state index is 12.6. The number of amides is 1. The van der Waals surface area contributed by atoms with E-state index in [-0.39, 0.29) is 48.7 Å². The molecular formula is C17H30IN7O3S2. The van der Waals surface area contributed by atoms with Crippen molar-refractivity contribution in [2.75, 3.05) is 68.0 Å². The summed E-state index contributed by atoms with van der Waals surface area (Å²) in [4.78, 5) is 20.7. The molecule has 0 unspecified atom stereocenters. The maximum atomic E-state index is 12.6. The van der Waals surface area contributed by atoms with Crippen LogP contribution in [0.2, 0.25) is 0 Å². The molecule has 0 aromatic carbocycles. The third-order valence-electron chi connectivity index (χ3n) is 4.83. The molecule has 1 N–H and O–H groups in total. The number of aromatic nitrogens is 2. The molecule has 30 heavy (non-hydrogen) atoms. The number of aliphatic imine (C=N–C) groups is 1. The summed E-state index contributed by atoms with van der Waals surface area (Å²) in [6.07, 6.45) is 3.49. The van der Waals surface area contributed by atoms with Gasteiger partial charge in [-0.25, -0.2) is 12.7 Å². The zero-order valence-corrected chi connectivity index (χ0v) is 21.3. The van der Waals surface area contributed by atoms with Gasteiger partial charge in [0.2, 0.25) is 15.9 Å². The Labute approximate surface area is 199 Å². The minimum absolute atomic E-state index is 0. The first-order valence-corrected chi connectivity index (χ1v) is 12.5. The SMILES string of the molecule is CCNC(=NCCS(=O)(=O)N1CCSCC1)N1CCN(c2cnn(C)c2)C(=O)C1.I. The highest BCUT2D eigenvalue weighted by Crippen LogP contribution is 2.16. The maximum Gasteiger partial charge on any atom is 0.246 e. The molecule has 0 saturated carbocycles. The van der Waals surface area contributed by atoms with Crippen molar-refractivity contribution in [2.45, 2.75) is 6.92 Å². The second-order valence-corrected chi connectivity index (χ2v) is 10.2. The fourth-order valence-electron chi connectivity index (χ4n) is 3.32. The second-order valence-electron chi connectivity index (χ2n) is 6.90. The Morgan fingerprint density at radius 1 is 1.27 bits per heavy atom. The van der Waals surface area contributed by atoms with Gasteiger partial charge in [0.15, 0.2) is 5.96 Å². The highest BCUT2D eigenvalue weighted by molar-refractivity contribution is 14.0. The van der Waals surface area contributed by atoms with Crippen molar-refractivity contribution >= 4 is 63.3 Å². The molecule has 2 aliphatic heterocycles. The molecular weight excluding hydrogens is 541 g/mol. The average molecular weight is 572 g/mol. The quantitative estimate of drug-likeness (QED) is 0.292. The topological polar surface area (TPSA) is 103 Å². The van der Waals surface area contributed by atoms with Gasteiger partial charge in [-0.1, -0.05) is 0 Å². The first kappa shape index (κ1) is 25.2. The summed E-state index contributed by atoms with van der Waals surface area (Å²) >= 11 is 1.78. The van der Waals surface area contributed by atoms with Gasteiger partial charge in [-0.3, -0.25) is 14.5 Å². The average Bonchev–Trinajstić information content (AvgIpc) is 3.14. The fraction of sp³-hybridized carbons (Fsp3) is 0.706. The monoisotopic (exact) mass is 571 g/mol. The van der Waals surface area contributed by atoms with Crippen LogP contribution in [-0.2, 0) is 21.9 Å². The van der Waals surface area contributed by atoms with Gasteiger partial charge in [0, 0.05) is 57.5 Å². The molecule has 0 bridgehead atoms. The van der Waals surface area contributed by atoms with Crippen LogP contribution in [0.1, 0.15) is 6.92 Å². The number of halogens is 1. The molecule has 3 heterocycles. The van der Waals surface area contributed by atoms with Crippen molar-refractivity contribution in [2.24, 2.45) is 12.0 Å². The Morgan fingerprint density at radius 3 is 2.60 bits per heavy atom. The van der Waals surface area contributed by atoms with Crippen LogP contribution < -0.4 is 10.2 Å². The van der Waals surface area contributed by atoms with Gasteiger partial charge in [-0.05, 0) is 6.92 Å².